The molecule has 8 heteroatoms. The van der Waals surface area contributed by atoms with Crippen LogP contribution >= 0.6 is 0 Å². The summed E-state index contributed by atoms with van der Waals surface area (Å²) in [6.45, 7) is 0.245. The molecule has 1 atom stereocenters. The number of esters is 1. The summed E-state index contributed by atoms with van der Waals surface area (Å²) in [5, 5.41) is 12.3. The highest BCUT2D eigenvalue weighted by atomic mass is 16.5. The van der Waals surface area contributed by atoms with Gasteiger partial charge in [-0.3, -0.25) is 9.59 Å². The van der Waals surface area contributed by atoms with Gasteiger partial charge in [0, 0.05) is 29.2 Å². The van der Waals surface area contributed by atoms with Crippen molar-refractivity contribution in [2.75, 3.05) is 20.8 Å². The Bertz CT molecular complexity index is 1550. The lowest BCUT2D eigenvalue weighted by molar-refractivity contribution is -0.139. The van der Waals surface area contributed by atoms with Crippen LogP contribution in [0.5, 0.6) is 5.75 Å². The Morgan fingerprint density at radius 3 is 2.32 bits per heavy atom. The van der Waals surface area contributed by atoms with E-state index in [-0.39, 0.29) is 17.9 Å². The van der Waals surface area contributed by atoms with E-state index in [1.54, 1.807) is 48.5 Å². The Labute approximate surface area is 219 Å². The summed E-state index contributed by atoms with van der Waals surface area (Å²) >= 11 is 0. The van der Waals surface area contributed by atoms with Gasteiger partial charge < -0.3 is 24.5 Å². The number of benzene rings is 3. The fourth-order valence-electron chi connectivity index (χ4n) is 4.86. The van der Waals surface area contributed by atoms with Crippen LogP contribution in [0.15, 0.2) is 84.6 Å². The molecule has 4 aromatic rings. The summed E-state index contributed by atoms with van der Waals surface area (Å²) in [6.07, 6.45) is 2.40. The zero-order chi connectivity index (χ0) is 26.8. The predicted octanol–water partition coefficient (Wildman–Crippen LogP) is 4.63. The fraction of sp³-hybridized carbons (Fsp3) is 0.167. The molecule has 1 aromatic heterocycles. The van der Waals surface area contributed by atoms with Crippen LogP contribution in [0.3, 0.4) is 0 Å². The Hall–Kier alpha value is -4.85. The summed E-state index contributed by atoms with van der Waals surface area (Å²) in [5.41, 5.74) is 3.30. The molecule has 192 valence electrons. The van der Waals surface area contributed by atoms with E-state index in [4.69, 9.17) is 9.47 Å². The van der Waals surface area contributed by atoms with Gasteiger partial charge in [-0.2, -0.15) is 0 Å². The normalized spacial score (nSPS) is 16.7. The van der Waals surface area contributed by atoms with Gasteiger partial charge in [-0.25, -0.2) is 4.79 Å². The molecule has 1 aliphatic rings. The van der Waals surface area contributed by atoms with E-state index in [2.05, 4.69) is 4.98 Å². The number of aromatic amines is 1. The van der Waals surface area contributed by atoms with Crippen molar-refractivity contribution < 1.29 is 29.0 Å². The van der Waals surface area contributed by atoms with Gasteiger partial charge in [0.1, 0.15) is 11.5 Å². The first-order valence-corrected chi connectivity index (χ1v) is 12.1. The average molecular weight is 511 g/mol. The molecule has 2 N–H and O–H groups in total. The molecule has 1 fully saturated rings. The molecular weight excluding hydrogens is 484 g/mol. The van der Waals surface area contributed by atoms with E-state index in [0.29, 0.717) is 28.9 Å². The van der Waals surface area contributed by atoms with Gasteiger partial charge >= 0.3 is 5.97 Å². The van der Waals surface area contributed by atoms with E-state index in [0.717, 1.165) is 16.5 Å². The van der Waals surface area contributed by atoms with Crippen LogP contribution in [0.1, 0.15) is 33.1 Å². The number of aliphatic hydroxyl groups is 1. The topological polar surface area (TPSA) is 109 Å². The number of hydrogen-bond donors (Lipinski definition) is 2. The van der Waals surface area contributed by atoms with Gasteiger partial charge in [-0.05, 0) is 60.0 Å². The van der Waals surface area contributed by atoms with E-state index in [1.807, 2.05) is 30.5 Å². The maximum Gasteiger partial charge on any atom is 0.337 e. The Balaban J connectivity index is 1.56. The number of aliphatic hydroxyl groups excluding tert-OH is 1. The number of Topliss-reactive ketones (excluding diaryl/α,β-unsaturated/α-hetero) is 1. The first-order valence-electron chi connectivity index (χ1n) is 12.1. The monoisotopic (exact) mass is 510 g/mol. The molecule has 38 heavy (non-hydrogen) atoms. The number of ketones is 1. The molecule has 0 radical (unpaired) electrons. The number of H-pyrrole nitrogens is 1. The van der Waals surface area contributed by atoms with Crippen LogP contribution in [-0.2, 0) is 20.7 Å². The fourth-order valence-corrected chi connectivity index (χ4v) is 4.86. The maximum atomic E-state index is 13.3. The van der Waals surface area contributed by atoms with Crippen LogP contribution in [-0.4, -0.2) is 53.4 Å². The molecule has 1 aliphatic heterocycles. The zero-order valence-electron chi connectivity index (χ0n) is 20.9. The number of ether oxygens (including phenoxy) is 2. The average Bonchev–Trinajstić information content (AvgIpc) is 3.49. The third-order valence-corrected chi connectivity index (χ3v) is 6.85. The predicted molar refractivity (Wildman–Crippen MR) is 142 cm³/mol. The van der Waals surface area contributed by atoms with Crippen molar-refractivity contribution in [2.45, 2.75) is 12.5 Å². The van der Waals surface area contributed by atoms with Crippen LogP contribution in [0.4, 0.5) is 0 Å². The minimum Gasteiger partial charge on any atom is -0.507 e. The van der Waals surface area contributed by atoms with Gasteiger partial charge in [-0.1, -0.05) is 30.3 Å². The van der Waals surface area contributed by atoms with E-state index in [9.17, 15) is 19.5 Å². The molecule has 5 rings (SSSR count). The van der Waals surface area contributed by atoms with Crippen molar-refractivity contribution in [3.63, 3.8) is 0 Å². The Morgan fingerprint density at radius 1 is 0.947 bits per heavy atom. The number of likely N-dealkylation sites (tertiary alicyclic amines) is 1. The van der Waals surface area contributed by atoms with Gasteiger partial charge in [0.15, 0.2) is 0 Å². The number of amides is 1. The number of fused-ring (bicyclic) bond motifs is 1. The number of hydrogen-bond acceptors (Lipinski definition) is 6. The van der Waals surface area contributed by atoms with Crippen LogP contribution in [0, 0.1) is 0 Å². The number of nitrogens with one attached hydrogen (secondary N) is 1. The van der Waals surface area contributed by atoms with Gasteiger partial charge in [0.25, 0.3) is 11.7 Å². The van der Waals surface area contributed by atoms with Crippen molar-refractivity contribution in [1.29, 1.82) is 0 Å². The summed E-state index contributed by atoms with van der Waals surface area (Å²) in [5.74, 6) is -1.64. The summed E-state index contributed by atoms with van der Waals surface area (Å²) in [4.78, 5) is 43.3. The SMILES string of the molecule is COC(=O)c1ccc(C2C(=C(O)c3ccc(OC)cc3)C(=O)C(=O)N2CCc2c[nH]c3ccccc23)cc1. The summed E-state index contributed by atoms with van der Waals surface area (Å²) in [6, 6.07) is 20.1. The second-order valence-corrected chi connectivity index (χ2v) is 8.94. The zero-order valence-corrected chi connectivity index (χ0v) is 20.9. The molecule has 0 saturated carbocycles. The number of carbonyl (C=O) groups is 3. The van der Waals surface area contributed by atoms with Crippen molar-refractivity contribution in [3.05, 3.63) is 107 Å². The number of para-hydroxylation sites is 1. The molecule has 0 bridgehead atoms. The van der Waals surface area contributed by atoms with Crippen LogP contribution in [0.2, 0.25) is 0 Å². The quantitative estimate of drug-likeness (QED) is 0.162. The highest BCUT2D eigenvalue weighted by Crippen LogP contribution is 2.40. The third-order valence-electron chi connectivity index (χ3n) is 6.85. The van der Waals surface area contributed by atoms with Crippen molar-refractivity contribution in [1.82, 2.24) is 9.88 Å². The van der Waals surface area contributed by atoms with Crippen molar-refractivity contribution in [3.8, 4) is 5.75 Å². The number of methoxy groups -OCH3 is 2. The molecule has 8 nitrogen and oxygen atoms in total. The van der Waals surface area contributed by atoms with E-state index >= 15 is 0 Å². The lowest BCUT2D eigenvalue weighted by atomic mass is 9.94. The second-order valence-electron chi connectivity index (χ2n) is 8.94. The Kier molecular flexibility index (Phi) is 6.70. The summed E-state index contributed by atoms with van der Waals surface area (Å²) < 4.78 is 9.98. The Morgan fingerprint density at radius 2 is 1.63 bits per heavy atom. The molecule has 2 heterocycles. The maximum absolute atomic E-state index is 13.3. The van der Waals surface area contributed by atoms with Crippen LogP contribution < -0.4 is 4.74 Å². The highest BCUT2D eigenvalue weighted by Gasteiger charge is 2.45. The standard InChI is InChI=1S/C30H26N2O6/c1-37-22-13-11-19(12-14-22)27(33)25-26(18-7-9-20(10-8-18)30(36)38-2)32(29(35)28(25)34)16-15-21-17-31-24-6-4-3-5-23(21)24/h3-14,17,26,31,33H,15-16H2,1-2H3. The minimum atomic E-state index is -0.839. The minimum absolute atomic E-state index is 0.00934. The molecular formula is C30H26N2O6. The number of rotatable bonds is 7. The first-order chi connectivity index (χ1) is 18.4. The van der Waals surface area contributed by atoms with Gasteiger partial charge in [0.05, 0.1) is 31.4 Å². The molecule has 0 spiro atoms. The van der Waals surface area contributed by atoms with E-state index in [1.165, 1.54) is 19.1 Å². The van der Waals surface area contributed by atoms with Gasteiger partial charge in [0.2, 0.25) is 0 Å². The highest BCUT2D eigenvalue weighted by molar-refractivity contribution is 6.46. The lowest BCUT2D eigenvalue weighted by Crippen LogP contribution is -2.31. The molecule has 1 unspecified atom stereocenters. The second kappa shape index (κ2) is 10.3. The van der Waals surface area contributed by atoms with Crippen molar-refractivity contribution >= 4 is 34.3 Å². The van der Waals surface area contributed by atoms with Crippen LogP contribution in [0.25, 0.3) is 16.7 Å². The lowest BCUT2D eigenvalue weighted by Gasteiger charge is -2.25. The van der Waals surface area contributed by atoms with Crippen molar-refractivity contribution in [2.24, 2.45) is 0 Å². The molecule has 3 aromatic carbocycles. The third kappa shape index (κ3) is 4.41. The first kappa shape index (κ1) is 24.8. The molecule has 1 amide bonds. The molecule has 1 saturated heterocycles. The molecule has 0 aliphatic carbocycles. The smallest absolute Gasteiger partial charge is 0.337 e. The number of nitrogens with zero attached hydrogens (tertiary/aromatic N) is 1. The van der Waals surface area contributed by atoms with E-state index < -0.39 is 23.7 Å². The summed E-state index contributed by atoms with van der Waals surface area (Å²) in [7, 11) is 2.83. The largest absolute Gasteiger partial charge is 0.507 e. The number of carbonyl (C=O) groups excluding carboxylic acids is 3. The van der Waals surface area contributed by atoms with Gasteiger partial charge in [-0.15, -0.1) is 0 Å². The number of aromatic nitrogens is 1.